The van der Waals surface area contributed by atoms with E-state index in [1.165, 1.54) is 0 Å². The van der Waals surface area contributed by atoms with E-state index in [4.69, 9.17) is 27.9 Å². The number of benzene rings is 1. The number of hydrogen-bond acceptors (Lipinski definition) is 3. The topological polar surface area (TPSA) is 42.4 Å². The zero-order valence-corrected chi connectivity index (χ0v) is 13.2. The van der Waals surface area contributed by atoms with Gasteiger partial charge in [0.2, 0.25) is 0 Å². The molecule has 1 saturated heterocycles. The molecule has 114 valence electrons. The predicted octanol–water partition coefficient (Wildman–Crippen LogP) is 3.68. The molecular formula is C16H14Cl2N2O2. The SMILES string of the molecule is O=C(c1ccccc1Cl)N1CC[C@H](Oc2ccncc2Cl)C1. The van der Waals surface area contributed by atoms with Crippen molar-refractivity contribution in [3.63, 3.8) is 0 Å². The minimum atomic E-state index is -0.0775. The monoisotopic (exact) mass is 336 g/mol. The number of halogens is 2. The summed E-state index contributed by atoms with van der Waals surface area (Å²) in [6, 6.07) is 8.79. The molecule has 1 aliphatic rings. The summed E-state index contributed by atoms with van der Waals surface area (Å²) in [5.74, 6) is 0.520. The van der Waals surface area contributed by atoms with Crippen LogP contribution >= 0.6 is 23.2 Å². The number of nitrogens with zero attached hydrogens (tertiary/aromatic N) is 2. The fraction of sp³-hybridized carbons (Fsp3) is 0.250. The van der Waals surface area contributed by atoms with Crippen LogP contribution < -0.4 is 4.74 Å². The summed E-state index contributed by atoms with van der Waals surface area (Å²) in [6.07, 6.45) is 3.85. The van der Waals surface area contributed by atoms with E-state index in [1.54, 1.807) is 47.6 Å². The number of amides is 1. The van der Waals surface area contributed by atoms with E-state index in [-0.39, 0.29) is 12.0 Å². The van der Waals surface area contributed by atoms with E-state index in [1.807, 2.05) is 0 Å². The summed E-state index contributed by atoms with van der Waals surface area (Å²) in [7, 11) is 0. The third kappa shape index (κ3) is 3.18. The fourth-order valence-corrected chi connectivity index (χ4v) is 2.83. The normalized spacial score (nSPS) is 17.5. The van der Waals surface area contributed by atoms with Crippen molar-refractivity contribution >= 4 is 29.1 Å². The van der Waals surface area contributed by atoms with Crippen LogP contribution in [-0.4, -0.2) is 35.0 Å². The van der Waals surface area contributed by atoms with Gasteiger partial charge in [-0.15, -0.1) is 0 Å². The molecule has 1 fully saturated rings. The Morgan fingerprint density at radius 3 is 2.82 bits per heavy atom. The third-order valence-electron chi connectivity index (χ3n) is 3.57. The van der Waals surface area contributed by atoms with E-state index in [0.29, 0.717) is 34.4 Å². The van der Waals surface area contributed by atoms with E-state index < -0.39 is 0 Å². The highest BCUT2D eigenvalue weighted by molar-refractivity contribution is 6.33. The van der Waals surface area contributed by atoms with Crippen LogP contribution in [0.4, 0.5) is 0 Å². The first kappa shape index (κ1) is 15.1. The van der Waals surface area contributed by atoms with Crippen LogP contribution in [0.1, 0.15) is 16.8 Å². The fourth-order valence-electron chi connectivity index (χ4n) is 2.45. The number of carbonyl (C=O) groups excluding carboxylic acids is 1. The molecule has 2 heterocycles. The molecule has 1 amide bonds. The van der Waals surface area contributed by atoms with Crippen molar-refractivity contribution in [3.8, 4) is 5.75 Å². The van der Waals surface area contributed by atoms with Crippen LogP contribution in [0.15, 0.2) is 42.7 Å². The van der Waals surface area contributed by atoms with Gasteiger partial charge in [0, 0.05) is 31.4 Å². The second-order valence-electron chi connectivity index (χ2n) is 5.07. The number of aromatic nitrogens is 1. The quantitative estimate of drug-likeness (QED) is 0.858. The average molecular weight is 337 g/mol. The van der Waals surface area contributed by atoms with Crippen molar-refractivity contribution in [3.05, 3.63) is 58.3 Å². The molecule has 22 heavy (non-hydrogen) atoms. The summed E-state index contributed by atoms with van der Waals surface area (Å²) < 4.78 is 5.85. The van der Waals surface area contributed by atoms with Gasteiger partial charge in [0.1, 0.15) is 16.9 Å². The van der Waals surface area contributed by atoms with Crippen molar-refractivity contribution in [1.82, 2.24) is 9.88 Å². The number of ether oxygens (including phenoxy) is 1. The zero-order valence-electron chi connectivity index (χ0n) is 11.7. The van der Waals surface area contributed by atoms with Gasteiger partial charge in [-0.25, -0.2) is 0 Å². The van der Waals surface area contributed by atoms with Crippen molar-refractivity contribution < 1.29 is 9.53 Å². The lowest BCUT2D eigenvalue weighted by molar-refractivity contribution is 0.0772. The molecular weight excluding hydrogens is 323 g/mol. The largest absolute Gasteiger partial charge is 0.487 e. The van der Waals surface area contributed by atoms with Crippen LogP contribution in [0.25, 0.3) is 0 Å². The van der Waals surface area contributed by atoms with Gasteiger partial charge in [0.25, 0.3) is 5.91 Å². The van der Waals surface area contributed by atoms with Gasteiger partial charge < -0.3 is 9.64 Å². The lowest BCUT2D eigenvalue weighted by Gasteiger charge is -2.18. The van der Waals surface area contributed by atoms with Gasteiger partial charge in [-0.05, 0) is 12.1 Å². The number of likely N-dealkylation sites (tertiary alicyclic amines) is 1. The van der Waals surface area contributed by atoms with Crippen molar-refractivity contribution in [1.29, 1.82) is 0 Å². The second-order valence-corrected chi connectivity index (χ2v) is 5.88. The van der Waals surface area contributed by atoms with E-state index >= 15 is 0 Å². The summed E-state index contributed by atoms with van der Waals surface area (Å²) in [5.41, 5.74) is 0.520. The Kier molecular flexibility index (Phi) is 4.50. The van der Waals surface area contributed by atoms with Gasteiger partial charge in [0.15, 0.2) is 0 Å². The molecule has 4 nitrogen and oxygen atoms in total. The molecule has 3 rings (SSSR count). The number of rotatable bonds is 3. The van der Waals surface area contributed by atoms with Crippen molar-refractivity contribution in [2.45, 2.75) is 12.5 Å². The molecule has 0 bridgehead atoms. The molecule has 1 aromatic heterocycles. The molecule has 0 aliphatic carbocycles. The second kappa shape index (κ2) is 6.55. The van der Waals surface area contributed by atoms with Crippen LogP contribution in [0.5, 0.6) is 5.75 Å². The maximum Gasteiger partial charge on any atom is 0.255 e. The van der Waals surface area contributed by atoms with Gasteiger partial charge in [-0.3, -0.25) is 9.78 Å². The highest BCUT2D eigenvalue weighted by Gasteiger charge is 2.29. The number of carbonyl (C=O) groups is 1. The molecule has 0 N–H and O–H groups in total. The molecule has 2 aromatic rings. The Balaban J connectivity index is 1.66. The van der Waals surface area contributed by atoms with Crippen LogP contribution in [0.3, 0.4) is 0 Å². The maximum atomic E-state index is 12.5. The summed E-state index contributed by atoms with van der Waals surface area (Å²) >= 11 is 12.1. The van der Waals surface area contributed by atoms with Crippen molar-refractivity contribution in [2.75, 3.05) is 13.1 Å². The Bertz CT molecular complexity index is 693. The summed E-state index contributed by atoms with van der Waals surface area (Å²) in [5, 5.41) is 0.937. The highest BCUT2D eigenvalue weighted by Crippen LogP contribution is 2.26. The highest BCUT2D eigenvalue weighted by atomic mass is 35.5. The van der Waals surface area contributed by atoms with E-state index in [2.05, 4.69) is 4.98 Å². The molecule has 1 atom stereocenters. The smallest absolute Gasteiger partial charge is 0.255 e. The Labute approximate surface area is 138 Å². The molecule has 0 saturated carbocycles. The molecule has 0 radical (unpaired) electrons. The zero-order chi connectivity index (χ0) is 15.5. The Hall–Kier alpha value is -1.78. The van der Waals surface area contributed by atoms with Gasteiger partial charge in [0.05, 0.1) is 17.1 Å². The standard InChI is InChI=1S/C16H14Cl2N2O2/c17-13-4-2-1-3-12(13)16(21)20-8-6-11(10-20)22-15-5-7-19-9-14(15)18/h1-5,7,9,11H,6,8,10H2/t11-/m0/s1. The van der Waals surface area contributed by atoms with Gasteiger partial charge in [-0.1, -0.05) is 35.3 Å². The average Bonchev–Trinajstić information content (AvgIpc) is 2.98. The molecule has 0 unspecified atom stereocenters. The van der Waals surface area contributed by atoms with E-state index in [9.17, 15) is 4.79 Å². The first-order valence-corrected chi connectivity index (χ1v) is 7.70. The van der Waals surface area contributed by atoms with E-state index in [0.717, 1.165) is 6.42 Å². The molecule has 0 spiro atoms. The molecule has 1 aliphatic heterocycles. The van der Waals surface area contributed by atoms with Crippen LogP contribution in [0, 0.1) is 0 Å². The molecule has 6 heteroatoms. The Morgan fingerprint density at radius 1 is 1.23 bits per heavy atom. The number of pyridine rings is 1. The maximum absolute atomic E-state index is 12.5. The summed E-state index contributed by atoms with van der Waals surface area (Å²) in [4.78, 5) is 18.2. The van der Waals surface area contributed by atoms with Gasteiger partial charge >= 0.3 is 0 Å². The lowest BCUT2D eigenvalue weighted by atomic mass is 10.2. The van der Waals surface area contributed by atoms with Crippen molar-refractivity contribution in [2.24, 2.45) is 0 Å². The first-order chi connectivity index (χ1) is 10.6. The van der Waals surface area contributed by atoms with Crippen LogP contribution in [0.2, 0.25) is 10.0 Å². The predicted molar refractivity (Wildman–Crippen MR) is 85.6 cm³/mol. The minimum absolute atomic E-state index is 0.0717. The van der Waals surface area contributed by atoms with Gasteiger partial charge in [-0.2, -0.15) is 0 Å². The number of hydrogen-bond donors (Lipinski definition) is 0. The Morgan fingerprint density at radius 2 is 2.05 bits per heavy atom. The first-order valence-electron chi connectivity index (χ1n) is 6.95. The van der Waals surface area contributed by atoms with Crippen LogP contribution in [-0.2, 0) is 0 Å². The molecule has 1 aromatic carbocycles. The lowest BCUT2D eigenvalue weighted by Crippen LogP contribution is -2.31. The summed E-state index contributed by atoms with van der Waals surface area (Å²) in [6.45, 7) is 1.15. The third-order valence-corrected chi connectivity index (χ3v) is 4.18. The minimum Gasteiger partial charge on any atom is -0.487 e.